The number of benzene rings is 1. The number of amides is 1. The lowest BCUT2D eigenvalue weighted by Gasteiger charge is -2.38. The number of carbonyl (C=O) groups excluding carboxylic acids is 1. The molecule has 0 aliphatic rings. The molecule has 0 aliphatic heterocycles. The van der Waals surface area contributed by atoms with Gasteiger partial charge in [-0.2, -0.15) is 0 Å². The normalized spacial score (nSPS) is 12.1. The van der Waals surface area contributed by atoms with E-state index >= 15 is 0 Å². The molecule has 1 rings (SSSR count). The molecule has 4 nitrogen and oxygen atoms in total. The Labute approximate surface area is 127 Å². The van der Waals surface area contributed by atoms with Gasteiger partial charge in [-0.05, 0) is 53.2 Å². The summed E-state index contributed by atoms with van der Waals surface area (Å²) in [5, 5.41) is 12.9. The van der Waals surface area contributed by atoms with E-state index in [-0.39, 0.29) is 5.91 Å². The molecule has 1 amide bonds. The van der Waals surface area contributed by atoms with Gasteiger partial charge >= 0.3 is 0 Å². The molecule has 0 aromatic heterocycles. The van der Waals surface area contributed by atoms with E-state index in [1.54, 1.807) is 13.8 Å². The van der Waals surface area contributed by atoms with Gasteiger partial charge in [0.25, 0.3) is 0 Å². The van der Waals surface area contributed by atoms with Crippen molar-refractivity contribution in [2.24, 2.45) is 0 Å². The van der Waals surface area contributed by atoms with Crippen molar-refractivity contribution in [1.29, 1.82) is 0 Å². The highest BCUT2D eigenvalue weighted by atomic mass is 16.5. The molecule has 1 aromatic carbocycles. The summed E-state index contributed by atoms with van der Waals surface area (Å²) >= 11 is 0. The van der Waals surface area contributed by atoms with Crippen LogP contribution >= 0.6 is 0 Å². The van der Waals surface area contributed by atoms with Crippen LogP contribution in [0.25, 0.3) is 0 Å². The van der Waals surface area contributed by atoms with Gasteiger partial charge in [-0.1, -0.05) is 17.7 Å². The average molecular weight is 293 g/mol. The van der Waals surface area contributed by atoms with Crippen LogP contribution in [0.5, 0.6) is 5.75 Å². The first-order valence-electron chi connectivity index (χ1n) is 7.35. The quantitative estimate of drug-likeness (QED) is 0.760. The Morgan fingerprint density at radius 1 is 1.19 bits per heavy atom. The van der Waals surface area contributed by atoms with E-state index in [2.05, 4.69) is 5.32 Å². The van der Waals surface area contributed by atoms with Crippen LogP contribution in [-0.2, 0) is 4.79 Å². The van der Waals surface area contributed by atoms with Crippen LogP contribution < -0.4 is 10.1 Å². The largest absolute Gasteiger partial charge is 0.494 e. The Morgan fingerprint density at radius 2 is 1.76 bits per heavy atom. The number of rotatable bonds is 7. The van der Waals surface area contributed by atoms with Crippen LogP contribution in [0.4, 0.5) is 0 Å². The first-order valence-corrected chi connectivity index (χ1v) is 7.35. The zero-order valence-corrected chi connectivity index (χ0v) is 13.7. The number of ether oxygens (including phenoxy) is 1. The Hall–Kier alpha value is -1.55. The van der Waals surface area contributed by atoms with Crippen LogP contribution in [0, 0.1) is 6.92 Å². The second-order valence-corrected chi connectivity index (χ2v) is 6.50. The molecule has 0 unspecified atom stereocenters. The highest BCUT2D eigenvalue weighted by molar-refractivity contribution is 5.76. The summed E-state index contributed by atoms with van der Waals surface area (Å²) in [5.74, 6) is 0.743. The third-order valence-electron chi connectivity index (χ3n) is 3.82. The van der Waals surface area contributed by atoms with Gasteiger partial charge in [0, 0.05) is 6.42 Å². The van der Waals surface area contributed by atoms with Gasteiger partial charge < -0.3 is 15.2 Å². The maximum atomic E-state index is 11.9. The SMILES string of the molecule is Cc1ccc(OCCCC(=O)NC(C)(C)C(C)(C)O)cc1. The number of hydrogen-bond donors (Lipinski definition) is 2. The first-order chi connectivity index (χ1) is 9.62. The molecule has 0 saturated heterocycles. The molecule has 21 heavy (non-hydrogen) atoms. The Kier molecular flexibility index (Phi) is 5.78. The molecule has 0 aliphatic carbocycles. The topological polar surface area (TPSA) is 58.6 Å². The van der Waals surface area contributed by atoms with E-state index in [1.807, 2.05) is 45.0 Å². The number of nitrogens with one attached hydrogen (secondary N) is 1. The van der Waals surface area contributed by atoms with E-state index in [4.69, 9.17) is 4.74 Å². The van der Waals surface area contributed by atoms with Gasteiger partial charge in [-0.15, -0.1) is 0 Å². The molecule has 1 aromatic rings. The summed E-state index contributed by atoms with van der Waals surface area (Å²) < 4.78 is 5.58. The minimum atomic E-state index is -0.971. The summed E-state index contributed by atoms with van der Waals surface area (Å²) in [6, 6.07) is 7.83. The van der Waals surface area contributed by atoms with E-state index in [1.165, 1.54) is 5.56 Å². The van der Waals surface area contributed by atoms with Crippen LogP contribution in [0.3, 0.4) is 0 Å². The van der Waals surface area contributed by atoms with Gasteiger partial charge in [0.05, 0.1) is 17.7 Å². The summed E-state index contributed by atoms with van der Waals surface area (Å²) in [6.45, 7) is 9.53. The maximum absolute atomic E-state index is 11.9. The third kappa shape index (κ3) is 5.76. The molecule has 0 spiro atoms. The monoisotopic (exact) mass is 293 g/mol. The summed E-state index contributed by atoms with van der Waals surface area (Å²) in [6.07, 6.45) is 1.02. The second-order valence-electron chi connectivity index (χ2n) is 6.50. The van der Waals surface area contributed by atoms with Gasteiger partial charge in [-0.3, -0.25) is 4.79 Å². The number of carbonyl (C=O) groups is 1. The maximum Gasteiger partial charge on any atom is 0.220 e. The lowest BCUT2D eigenvalue weighted by atomic mass is 9.86. The van der Waals surface area contributed by atoms with E-state index < -0.39 is 11.1 Å². The fraction of sp³-hybridized carbons (Fsp3) is 0.588. The zero-order valence-electron chi connectivity index (χ0n) is 13.7. The summed E-state index contributed by atoms with van der Waals surface area (Å²) in [7, 11) is 0. The van der Waals surface area contributed by atoms with Crippen LogP contribution in [0.15, 0.2) is 24.3 Å². The molecule has 4 heteroatoms. The van der Waals surface area contributed by atoms with Crippen molar-refractivity contribution in [2.75, 3.05) is 6.61 Å². The molecular formula is C17H27NO3. The molecular weight excluding hydrogens is 266 g/mol. The lowest BCUT2D eigenvalue weighted by Crippen LogP contribution is -2.57. The van der Waals surface area contributed by atoms with Crippen LogP contribution in [0.2, 0.25) is 0 Å². The lowest BCUT2D eigenvalue weighted by molar-refractivity contribution is -0.126. The van der Waals surface area contributed by atoms with Crippen molar-refractivity contribution >= 4 is 5.91 Å². The predicted molar refractivity (Wildman–Crippen MR) is 84.4 cm³/mol. The van der Waals surface area contributed by atoms with Crippen molar-refractivity contribution in [3.05, 3.63) is 29.8 Å². The molecule has 0 fully saturated rings. The van der Waals surface area contributed by atoms with Gasteiger partial charge in [0.15, 0.2) is 0 Å². The second kappa shape index (κ2) is 6.94. The third-order valence-corrected chi connectivity index (χ3v) is 3.82. The average Bonchev–Trinajstić information content (AvgIpc) is 2.35. The molecule has 0 saturated carbocycles. The zero-order chi connectivity index (χ0) is 16.1. The van der Waals surface area contributed by atoms with Crippen molar-refractivity contribution in [1.82, 2.24) is 5.32 Å². The van der Waals surface area contributed by atoms with Crippen molar-refractivity contribution in [3.8, 4) is 5.75 Å². The van der Waals surface area contributed by atoms with E-state index in [0.29, 0.717) is 19.4 Å². The number of aliphatic hydroxyl groups is 1. The molecule has 0 atom stereocenters. The smallest absolute Gasteiger partial charge is 0.220 e. The van der Waals surface area contributed by atoms with Gasteiger partial charge in [0.2, 0.25) is 5.91 Å². The first kappa shape index (κ1) is 17.5. The standard InChI is InChI=1S/C17H27NO3/c1-13-8-10-14(11-9-13)21-12-6-7-15(19)18-16(2,3)17(4,5)20/h8-11,20H,6-7,12H2,1-5H3,(H,18,19). The minimum Gasteiger partial charge on any atom is -0.494 e. The van der Waals surface area contributed by atoms with E-state index in [9.17, 15) is 9.90 Å². The van der Waals surface area contributed by atoms with Crippen molar-refractivity contribution in [3.63, 3.8) is 0 Å². The van der Waals surface area contributed by atoms with Crippen LogP contribution in [-0.4, -0.2) is 28.8 Å². The molecule has 0 heterocycles. The van der Waals surface area contributed by atoms with Crippen LogP contribution in [0.1, 0.15) is 46.1 Å². The predicted octanol–water partition coefficient (Wildman–Crippen LogP) is 2.82. The Balaban J connectivity index is 2.29. The summed E-state index contributed by atoms with van der Waals surface area (Å²) in [5.41, 5.74) is -0.446. The number of hydrogen-bond acceptors (Lipinski definition) is 3. The highest BCUT2D eigenvalue weighted by Crippen LogP contribution is 2.20. The number of aryl methyl sites for hydroxylation is 1. The van der Waals surface area contributed by atoms with Crippen molar-refractivity contribution < 1.29 is 14.6 Å². The van der Waals surface area contributed by atoms with Gasteiger partial charge in [0.1, 0.15) is 5.75 Å². The van der Waals surface area contributed by atoms with E-state index in [0.717, 1.165) is 5.75 Å². The fourth-order valence-electron chi connectivity index (χ4n) is 1.62. The highest BCUT2D eigenvalue weighted by Gasteiger charge is 2.35. The fourth-order valence-corrected chi connectivity index (χ4v) is 1.62. The Bertz CT molecular complexity index is 458. The summed E-state index contributed by atoms with van der Waals surface area (Å²) in [4.78, 5) is 11.9. The van der Waals surface area contributed by atoms with Crippen molar-refractivity contribution in [2.45, 2.75) is 58.6 Å². The molecule has 0 radical (unpaired) electrons. The molecule has 0 bridgehead atoms. The molecule has 118 valence electrons. The molecule has 2 N–H and O–H groups in total. The Morgan fingerprint density at radius 3 is 2.29 bits per heavy atom. The minimum absolute atomic E-state index is 0.0744. The van der Waals surface area contributed by atoms with Gasteiger partial charge in [-0.25, -0.2) is 0 Å².